The van der Waals surface area contributed by atoms with Gasteiger partial charge in [-0.2, -0.15) is 5.10 Å². The van der Waals surface area contributed by atoms with Gasteiger partial charge in [0.15, 0.2) is 5.69 Å². The van der Waals surface area contributed by atoms with Gasteiger partial charge < -0.3 is 10.6 Å². The largest absolute Gasteiger partial charge is 0.354 e. The molecule has 0 unspecified atom stereocenters. The summed E-state index contributed by atoms with van der Waals surface area (Å²) in [5.74, 6) is -0.891. The van der Waals surface area contributed by atoms with Crippen molar-refractivity contribution in [1.82, 2.24) is 15.1 Å². The van der Waals surface area contributed by atoms with E-state index < -0.39 is 16.7 Å². The molecular formula is C16H17N5O4. The van der Waals surface area contributed by atoms with Crippen molar-refractivity contribution in [3.63, 3.8) is 0 Å². The Balaban J connectivity index is 2.15. The molecule has 0 aliphatic rings. The lowest BCUT2D eigenvalue weighted by Gasteiger charge is -2.01. The molecule has 1 aromatic carbocycles. The number of hydrogen-bond donors (Lipinski definition) is 2. The van der Waals surface area contributed by atoms with Gasteiger partial charge in [0.1, 0.15) is 0 Å². The van der Waals surface area contributed by atoms with Crippen molar-refractivity contribution in [1.29, 1.82) is 0 Å². The van der Waals surface area contributed by atoms with Gasteiger partial charge in [-0.25, -0.2) is 0 Å². The minimum atomic E-state index is -0.508. The molecule has 0 radical (unpaired) electrons. The zero-order valence-electron chi connectivity index (χ0n) is 13.7. The van der Waals surface area contributed by atoms with Gasteiger partial charge >= 0.3 is 0 Å². The van der Waals surface area contributed by atoms with Gasteiger partial charge in [-0.1, -0.05) is 12.1 Å². The summed E-state index contributed by atoms with van der Waals surface area (Å²) in [6.07, 6.45) is 4.24. The lowest BCUT2D eigenvalue weighted by molar-refractivity contribution is -0.384. The van der Waals surface area contributed by atoms with Gasteiger partial charge in [0.25, 0.3) is 11.6 Å². The quantitative estimate of drug-likeness (QED) is 0.471. The number of nitro benzene ring substituents is 1. The van der Waals surface area contributed by atoms with Crippen LogP contribution >= 0.6 is 0 Å². The number of aryl methyl sites for hydroxylation is 1. The maximum Gasteiger partial charge on any atom is 0.273 e. The number of aromatic nitrogens is 2. The van der Waals surface area contributed by atoms with Crippen molar-refractivity contribution in [2.45, 2.75) is 13.5 Å². The van der Waals surface area contributed by atoms with Crippen molar-refractivity contribution in [2.75, 3.05) is 12.4 Å². The van der Waals surface area contributed by atoms with Crippen LogP contribution in [0.2, 0.25) is 0 Å². The van der Waals surface area contributed by atoms with Gasteiger partial charge in [-0.3, -0.25) is 24.4 Å². The molecule has 0 bridgehead atoms. The smallest absolute Gasteiger partial charge is 0.273 e. The summed E-state index contributed by atoms with van der Waals surface area (Å²) in [7, 11) is 1.47. The lowest BCUT2D eigenvalue weighted by atomic mass is 10.2. The van der Waals surface area contributed by atoms with E-state index in [1.54, 1.807) is 12.3 Å². The fourth-order valence-electron chi connectivity index (χ4n) is 2.05. The summed E-state index contributed by atoms with van der Waals surface area (Å²) in [5, 5.41) is 19.9. The Hall–Kier alpha value is -3.49. The molecule has 0 aliphatic carbocycles. The second-order valence-electron chi connectivity index (χ2n) is 5.00. The number of carbonyl (C=O) groups is 2. The molecule has 1 aromatic heterocycles. The number of nitrogens with one attached hydrogen (secondary N) is 2. The SMILES string of the molecule is CCn1cc(NC(=O)/C=C/c2cccc([N+](=O)[O-])c2)c(C(=O)NC)n1. The molecule has 2 aromatic rings. The van der Waals surface area contributed by atoms with Crippen molar-refractivity contribution < 1.29 is 14.5 Å². The van der Waals surface area contributed by atoms with Crippen LogP contribution in [0.25, 0.3) is 6.08 Å². The Kier molecular flexibility index (Phi) is 5.62. The lowest BCUT2D eigenvalue weighted by Crippen LogP contribution is -2.21. The van der Waals surface area contributed by atoms with Crippen LogP contribution in [0.4, 0.5) is 11.4 Å². The first kappa shape index (κ1) is 17.9. The van der Waals surface area contributed by atoms with Crippen LogP contribution in [0.5, 0.6) is 0 Å². The standard InChI is InChI=1S/C16H17N5O4/c1-3-20-10-13(15(19-20)16(23)17-2)18-14(22)8-7-11-5-4-6-12(9-11)21(24)25/h4-10H,3H2,1-2H3,(H,17,23)(H,18,22)/b8-7+. The molecule has 0 aliphatic heterocycles. The van der Waals surface area contributed by atoms with Crippen LogP contribution in [-0.4, -0.2) is 33.6 Å². The summed E-state index contributed by atoms with van der Waals surface area (Å²) in [6.45, 7) is 2.40. The monoisotopic (exact) mass is 343 g/mol. The van der Waals surface area contributed by atoms with Crippen LogP contribution in [0.15, 0.2) is 36.5 Å². The van der Waals surface area contributed by atoms with E-state index in [0.717, 1.165) is 0 Å². The number of non-ortho nitro benzene ring substituents is 1. The normalized spacial score (nSPS) is 10.6. The third kappa shape index (κ3) is 4.50. The van der Waals surface area contributed by atoms with Crippen LogP contribution < -0.4 is 10.6 Å². The first-order valence-electron chi connectivity index (χ1n) is 7.47. The van der Waals surface area contributed by atoms with E-state index in [1.165, 1.54) is 42.1 Å². The molecule has 2 rings (SSSR count). The maximum atomic E-state index is 12.1. The highest BCUT2D eigenvalue weighted by Gasteiger charge is 2.16. The number of nitrogens with zero attached hydrogens (tertiary/aromatic N) is 3. The molecule has 9 nitrogen and oxygen atoms in total. The highest BCUT2D eigenvalue weighted by atomic mass is 16.6. The van der Waals surface area contributed by atoms with E-state index in [1.807, 2.05) is 6.92 Å². The number of anilines is 1. The van der Waals surface area contributed by atoms with Crippen LogP contribution in [0.1, 0.15) is 23.0 Å². The van der Waals surface area contributed by atoms with Gasteiger partial charge in [-0.15, -0.1) is 0 Å². The van der Waals surface area contributed by atoms with Gasteiger partial charge in [0, 0.05) is 38.0 Å². The Morgan fingerprint density at radius 3 is 2.80 bits per heavy atom. The third-order valence-electron chi connectivity index (χ3n) is 3.29. The summed E-state index contributed by atoms with van der Waals surface area (Å²) < 4.78 is 1.53. The summed E-state index contributed by atoms with van der Waals surface area (Å²) >= 11 is 0. The first-order chi connectivity index (χ1) is 11.9. The molecule has 0 saturated carbocycles. The molecule has 9 heteroatoms. The van der Waals surface area contributed by atoms with E-state index in [-0.39, 0.29) is 17.1 Å². The number of carbonyl (C=O) groups excluding carboxylic acids is 2. The predicted octanol–water partition coefficient (Wildman–Crippen LogP) is 1.82. The minimum absolute atomic E-state index is 0.0614. The second-order valence-corrected chi connectivity index (χ2v) is 5.00. The van der Waals surface area contributed by atoms with Gasteiger partial charge in [0.2, 0.25) is 5.91 Å². The Labute approximate surface area is 143 Å². The topological polar surface area (TPSA) is 119 Å². The molecule has 0 saturated heterocycles. The molecule has 1 heterocycles. The zero-order chi connectivity index (χ0) is 18.4. The van der Waals surface area contributed by atoms with Crippen molar-refractivity contribution in [3.05, 3.63) is 57.9 Å². The Morgan fingerprint density at radius 2 is 2.16 bits per heavy atom. The van der Waals surface area contributed by atoms with Crippen molar-refractivity contribution >= 4 is 29.3 Å². The summed E-state index contributed by atoms with van der Waals surface area (Å²) in [5.41, 5.74) is 0.852. The number of nitro groups is 1. The summed E-state index contributed by atoms with van der Waals surface area (Å²) in [4.78, 5) is 34.1. The molecule has 0 atom stereocenters. The minimum Gasteiger partial charge on any atom is -0.354 e. The van der Waals surface area contributed by atoms with Crippen molar-refractivity contribution in [2.24, 2.45) is 0 Å². The van der Waals surface area contributed by atoms with Crippen molar-refractivity contribution in [3.8, 4) is 0 Å². The fraction of sp³-hybridized carbons (Fsp3) is 0.188. The van der Waals surface area contributed by atoms with Gasteiger partial charge in [0.05, 0.1) is 10.6 Å². The Bertz CT molecular complexity index is 841. The first-order valence-corrected chi connectivity index (χ1v) is 7.47. The van der Waals surface area contributed by atoms with Gasteiger partial charge in [-0.05, 0) is 18.6 Å². The molecule has 130 valence electrons. The average molecular weight is 343 g/mol. The predicted molar refractivity (Wildman–Crippen MR) is 92.1 cm³/mol. The van der Waals surface area contributed by atoms with E-state index in [4.69, 9.17) is 0 Å². The van der Waals surface area contributed by atoms with E-state index in [9.17, 15) is 19.7 Å². The maximum absolute atomic E-state index is 12.1. The second kappa shape index (κ2) is 7.86. The third-order valence-corrected chi connectivity index (χ3v) is 3.29. The molecular weight excluding hydrogens is 326 g/mol. The molecule has 2 amide bonds. The van der Waals surface area contributed by atoms with E-state index >= 15 is 0 Å². The highest BCUT2D eigenvalue weighted by molar-refractivity contribution is 6.06. The van der Waals surface area contributed by atoms with Crippen LogP contribution in [0, 0.1) is 10.1 Å². The van der Waals surface area contributed by atoms with Crippen LogP contribution in [-0.2, 0) is 11.3 Å². The molecule has 0 spiro atoms. The summed E-state index contributed by atoms with van der Waals surface area (Å²) in [6, 6.07) is 5.90. The van der Waals surface area contributed by atoms with Crippen LogP contribution in [0.3, 0.4) is 0 Å². The number of rotatable bonds is 6. The molecule has 0 fully saturated rings. The van der Waals surface area contributed by atoms with E-state index in [2.05, 4.69) is 15.7 Å². The fourth-order valence-corrected chi connectivity index (χ4v) is 2.05. The number of benzene rings is 1. The highest BCUT2D eigenvalue weighted by Crippen LogP contribution is 2.16. The molecule has 2 N–H and O–H groups in total. The number of hydrogen-bond acceptors (Lipinski definition) is 5. The van der Waals surface area contributed by atoms with E-state index in [0.29, 0.717) is 12.1 Å². The number of amides is 2. The zero-order valence-corrected chi connectivity index (χ0v) is 13.7. The molecule has 25 heavy (non-hydrogen) atoms. The average Bonchev–Trinajstić information content (AvgIpc) is 3.02. The Morgan fingerprint density at radius 1 is 1.40 bits per heavy atom.